The molecule has 2 fully saturated rings. The predicted octanol–water partition coefficient (Wildman–Crippen LogP) is 4.92. The maximum absolute atomic E-state index is 13.7. The minimum absolute atomic E-state index is 0.223. The third kappa shape index (κ3) is 4.42. The van der Waals surface area contributed by atoms with Gasteiger partial charge >= 0.3 is 0 Å². The number of likely N-dealkylation sites (tertiary alicyclic amines) is 1. The van der Waals surface area contributed by atoms with E-state index < -0.39 is 18.1 Å². The summed E-state index contributed by atoms with van der Waals surface area (Å²) >= 11 is 0. The second-order valence-electron chi connectivity index (χ2n) is 8.89. The Morgan fingerprint density at radius 2 is 1.56 bits per heavy atom. The normalized spacial score (nSPS) is 21.1. The van der Waals surface area contributed by atoms with Crippen LogP contribution in [0.15, 0.2) is 78.9 Å². The smallest absolute Gasteiger partial charge is 0.262 e. The van der Waals surface area contributed by atoms with Crippen molar-refractivity contribution in [1.82, 2.24) is 4.90 Å². The molecule has 36 heavy (non-hydrogen) atoms. The quantitative estimate of drug-likeness (QED) is 0.400. The number of carbonyl (C=O) groups excluding carboxylic acids is 2. The van der Waals surface area contributed by atoms with Crippen molar-refractivity contribution in [2.75, 3.05) is 18.3 Å². The summed E-state index contributed by atoms with van der Waals surface area (Å²) in [6.07, 6.45) is -0.0126. The first kappa shape index (κ1) is 23.9. The second kappa shape index (κ2) is 10.4. The summed E-state index contributed by atoms with van der Waals surface area (Å²) in [5.74, 6) is 0.0339. The van der Waals surface area contributed by atoms with Gasteiger partial charge in [0.2, 0.25) is 5.91 Å². The fourth-order valence-corrected chi connectivity index (χ4v) is 4.84. The van der Waals surface area contributed by atoms with E-state index >= 15 is 0 Å². The zero-order valence-corrected chi connectivity index (χ0v) is 20.5. The zero-order chi connectivity index (χ0) is 25.1. The lowest BCUT2D eigenvalue weighted by atomic mass is 9.90. The van der Waals surface area contributed by atoms with E-state index in [2.05, 4.69) is 0 Å². The molecule has 3 atom stereocenters. The summed E-state index contributed by atoms with van der Waals surface area (Å²) in [6, 6.07) is 24.3. The number of ether oxygens (including phenoxy) is 2. The Balaban J connectivity index is 1.53. The van der Waals surface area contributed by atoms with Crippen LogP contribution in [0.3, 0.4) is 0 Å². The minimum atomic E-state index is -0.891. The highest BCUT2D eigenvalue weighted by atomic mass is 16.7. The van der Waals surface area contributed by atoms with Gasteiger partial charge in [-0.25, -0.2) is 5.06 Å². The van der Waals surface area contributed by atoms with Crippen molar-refractivity contribution >= 4 is 17.5 Å². The van der Waals surface area contributed by atoms with E-state index in [0.717, 1.165) is 23.2 Å². The van der Waals surface area contributed by atoms with Crippen molar-refractivity contribution in [2.24, 2.45) is 5.92 Å². The number of carbonyl (C=O) groups is 2. The van der Waals surface area contributed by atoms with Crippen LogP contribution in [0.5, 0.6) is 11.5 Å². The van der Waals surface area contributed by atoms with Gasteiger partial charge in [0.05, 0.1) is 31.5 Å². The molecule has 2 saturated heterocycles. The molecule has 0 bridgehead atoms. The average Bonchev–Trinajstić information content (AvgIpc) is 3.41. The first-order chi connectivity index (χ1) is 17.6. The summed E-state index contributed by atoms with van der Waals surface area (Å²) in [5, 5.41) is 1.70. The van der Waals surface area contributed by atoms with Gasteiger partial charge in [0.25, 0.3) is 5.91 Å². The van der Waals surface area contributed by atoms with E-state index in [9.17, 15) is 9.59 Å². The van der Waals surface area contributed by atoms with E-state index in [1.807, 2.05) is 92.7 Å². The summed E-state index contributed by atoms with van der Waals surface area (Å²) in [6.45, 7) is 5.24. The number of rotatable bonds is 9. The van der Waals surface area contributed by atoms with Gasteiger partial charge in [-0.1, -0.05) is 61.5 Å². The molecule has 2 aliphatic heterocycles. The summed E-state index contributed by atoms with van der Waals surface area (Å²) in [7, 11) is 0. The fraction of sp³-hybridized carbons (Fsp3) is 0.310. The Labute approximate surface area is 211 Å². The number of para-hydroxylation sites is 1. The summed E-state index contributed by atoms with van der Waals surface area (Å²) in [4.78, 5) is 34.7. The van der Waals surface area contributed by atoms with E-state index in [4.69, 9.17) is 14.3 Å². The van der Waals surface area contributed by atoms with E-state index in [0.29, 0.717) is 24.7 Å². The van der Waals surface area contributed by atoms with Gasteiger partial charge in [0.1, 0.15) is 5.92 Å². The van der Waals surface area contributed by atoms with Crippen molar-refractivity contribution < 1.29 is 23.9 Å². The van der Waals surface area contributed by atoms with Crippen molar-refractivity contribution in [3.8, 4) is 11.5 Å². The number of amides is 2. The first-order valence-electron chi connectivity index (χ1n) is 12.4. The molecular formula is C29H30N2O5. The fourth-order valence-electron chi connectivity index (χ4n) is 4.84. The molecule has 2 aliphatic rings. The number of anilines is 1. The van der Waals surface area contributed by atoms with Gasteiger partial charge in [-0.15, -0.1) is 0 Å². The lowest BCUT2D eigenvalue weighted by Crippen LogP contribution is -2.36. The third-order valence-corrected chi connectivity index (χ3v) is 6.47. The third-order valence-electron chi connectivity index (χ3n) is 6.47. The lowest BCUT2D eigenvalue weighted by Gasteiger charge is -2.29. The summed E-state index contributed by atoms with van der Waals surface area (Å²) in [5.41, 5.74) is 2.49. The maximum Gasteiger partial charge on any atom is 0.262 e. The van der Waals surface area contributed by atoms with Gasteiger partial charge in [-0.3, -0.25) is 19.3 Å². The number of nitrogens with zero attached hydrogens (tertiary/aromatic N) is 2. The predicted molar refractivity (Wildman–Crippen MR) is 135 cm³/mol. The summed E-state index contributed by atoms with van der Waals surface area (Å²) < 4.78 is 11.8. The zero-order valence-electron chi connectivity index (χ0n) is 20.5. The number of benzene rings is 3. The van der Waals surface area contributed by atoms with Gasteiger partial charge < -0.3 is 9.47 Å². The van der Waals surface area contributed by atoms with Crippen LogP contribution in [-0.4, -0.2) is 36.0 Å². The molecule has 3 aromatic carbocycles. The molecule has 7 nitrogen and oxygen atoms in total. The Morgan fingerprint density at radius 1 is 0.833 bits per heavy atom. The molecule has 5 rings (SSSR count). The van der Waals surface area contributed by atoms with Crippen LogP contribution in [0.2, 0.25) is 0 Å². The number of hydrogen-bond acceptors (Lipinski definition) is 6. The van der Waals surface area contributed by atoms with Crippen LogP contribution < -0.4 is 14.5 Å². The average molecular weight is 487 g/mol. The topological polar surface area (TPSA) is 68.3 Å². The lowest BCUT2D eigenvalue weighted by molar-refractivity contribution is -0.143. The number of hydroxylamine groups is 1. The van der Waals surface area contributed by atoms with Crippen molar-refractivity contribution in [2.45, 2.75) is 39.0 Å². The van der Waals surface area contributed by atoms with Crippen molar-refractivity contribution in [3.63, 3.8) is 0 Å². The molecule has 0 saturated carbocycles. The highest BCUT2D eigenvalue weighted by Crippen LogP contribution is 2.48. The maximum atomic E-state index is 13.7. The SMILES string of the molecule is CCCOc1ccc([C@@H]2[C@H]3C(=O)N(Cc4ccccc4)C(=O)[C@@H]3ON2c2ccccc2)cc1OCC. The Kier molecular flexibility index (Phi) is 6.91. The van der Waals surface area contributed by atoms with Crippen LogP contribution in [0.25, 0.3) is 0 Å². The number of fused-ring (bicyclic) bond motifs is 1. The largest absolute Gasteiger partial charge is 0.490 e. The molecule has 2 heterocycles. The minimum Gasteiger partial charge on any atom is -0.490 e. The second-order valence-corrected chi connectivity index (χ2v) is 8.89. The molecular weight excluding hydrogens is 456 g/mol. The molecule has 3 aromatic rings. The monoisotopic (exact) mass is 486 g/mol. The molecule has 0 aliphatic carbocycles. The number of hydrogen-bond donors (Lipinski definition) is 0. The molecule has 186 valence electrons. The molecule has 0 radical (unpaired) electrons. The van der Waals surface area contributed by atoms with Crippen LogP contribution in [-0.2, 0) is 21.0 Å². The molecule has 0 spiro atoms. The van der Waals surface area contributed by atoms with Gasteiger partial charge in [-0.05, 0) is 48.7 Å². The van der Waals surface area contributed by atoms with Crippen LogP contribution in [0.4, 0.5) is 5.69 Å². The highest BCUT2D eigenvalue weighted by Gasteiger charge is 2.59. The standard InChI is InChI=1S/C29H30N2O5/c1-3-17-35-23-16-15-21(18-24(23)34-4-2)26-25-27(36-31(26)22-13-9-6-10-14-22)29(33)30(28(25)32)19-20-11-7-5-8-12-20/h5-16,18,25-27H,3-4,17,19H2,1-2H3/t25-,26-,27-/m1/s1. The molecule has 7 heteroatoms. The Bertz CT molecular complexity index is 1220. The molecule has 0 aromatic heterocycles. The first-order valence-corrected chi connectivity index (χ1v) is 12.4. The van der Waals surface area contributed by atoms with Crippen molar-refractivity contribution in [3.05, 3.63) is 90.0 Å². The van der Waals surface area contributed by atoms with Gasteiger partial charge in [0.15, 0.2) is 17.6 Å². The molecule has 0 N–H and O–H groups in total. The molecule has 2 amide bonds. The highest BCUT2D eigenvalue weighted by molar-refractivity contribution is 6.07. The van der Waals surface area contributed by atoms with E-state index in [-0.39, 0.29) is 18.4 Å². The van der Waals surface area contributed by atoms with Crippen LogP contribution >= 0.6 is 0 Å². The van der Waals surface area contributed by atoms with Crippen LogP contribution in [0, 0.1) is 5.92 Å². The van der Waals surface area contributed by atoms with E-state index in [1.54, 1.807) is 5.06 Å². The van der Waals surface area contributed by atoms with Crippen molar-refractivity contribution in [1.29, 1.82) is 0 Å². The van der Waals surface area contributed by atoms with E-state index in [1.165, 1.54) is 4.90 Å². The molecule has 0 unspecified atom stereocenters. The van der Waals surface area contributed by atoms with Gasteiger partial charge in [0, 0.05) is 0 Å². The van der Waals surface area contributed by atoms with Crippen LogP contribution in [0.1, 0.15) is 37.4 Å². The number of imide groups is 1. The Morgan fingerprint density at radius 3 is 2.25 bits per heavy atom. The Hall–Kier alpha value is -3.84. The van der Waals surface area contributed by atoms with Gasteiger partial charge in [-0.2, -0.15) is 0 Å².